The van der Waals surface area contributed by atoms with E-state index in [0.29, 0.717) is 6.42 Å². The Morgan fingerprint density at radius 3 is 2.56 bits per heavy atom. The van der Waals surface area contributed by atoms with E-state index in [2.05, 4.69) is 11.9 Å². The zero-order valence-electron chi connectivity index (χ0n) is 9.28. The van der Waals surface area contributed by atoms with Crippen LogP contribution in [-0.4, -0.2) is 4.33 Å². The van der Waals surface area contributed by atoms with E-state index in [4.69, 9.17) is 34.8 Å². The number of hydrogen-bond donors (Lipinski definition) is 1. The topological polar surface area (TPSA) is 12.0 Å². The third-order valence-electron chi connectivity index (χ3n) is 2.00. The molecular formula is C12H14Cl3N. The molecule has 1 N–H and O–H groups in total. The summed E-state index contributed by atoms with van der Waals surface area (Å²) in [6, 6.07) is 5.68. The van der Waals surface area contributed by atoms with Gasteiger partial charge in [-0.3, -0.25) is 0 Å². The Labute approximate surface area is 111 Å². The Bertz CT molecular complexity index is 394. The molecule has 0 saturated heterocycles. The van der Waals surface area contributed by atoms with Crippen molar-refractivity contribution in [3.63, 3.8) is 0 Å². The minimum atomic E-state index is -0.800. The lowest BCUT2D eigenvalue weighted by atomic mass is 10.2. The molecule has 0 radical (unpaired) electrons. The molecule has 4 heteroatoms. The fourth-order valence-corrected chi connectivity index (χ4v) is 1.79. The third kappa shape index (κ3) is 4.65. The molecule has 1 aromatic rings. The molecule has 0 atom stereocenters. The highest BCUT2D eigenvalue weighted by atomic mass is 35.5. The maximum atomic E-state index is 5.93. The van der Waals surface area contributed by atoms with Crippen LogP contribution in [0.5, 0.6) is 0 Å². The summed E-state index contributed by atoms with van der Waals surface area (Å²) < 4.78 is -0.800. The van der Waals surface area contributed by atoms with Crippen molar-refractivity contribution in [1.29, 1.82) is 0 Å². The molecule has 0 aromatic heterocycles. The molecule has 0 aliphatic heterocycles. The van der Waals surface area contributed by atoms with Crippen molar-refractivity contribution in [2.24, 2.45) is 0 Å². The Morgan fingerprint density at radius 1 is 1.44 bits per heavy atom. The van der Waals surface area contributed by atoms with Crippen LogP contribution < -0.4 is 5.32 Å². The molecule has 0 amide bonds. The summed E-state index contributed by atoms with van der Waals surface area (Å²) in [6.45, 7) is 7.55. The van der Waals surface area contributed by atoms with Crippen LogP contribution in [0.1, 0.15) is 18.9 Å². The largest absolute Gasteiger partial charge is 0.359 e. The molecule has 1 rings (SSSR count). The van der Waals surface area contributed by atoms with Crippen molar-refractivity contribution in [1.82, 2.24) is 0 Å². The van der Waals surface area contributed by atoms with Crippen LogP contribution >= 0.6 is 34.8 Å². The summed E-state index contributed by atoms with van der Waals surface area (Å²) in [6.07, 6.45) is 0.484. The molecular weight excluding hydrogens is 264 g/mol. The van der Waals surface area contributed by atoms with Crippen molar-refractivity contribution >= 4 is 40.5 Å². The van der Waals surface area contributed by atoms with E-state index >= 15 is 0 Å². The van der Waals surface area contributed by atoms with Gasteiger partial charge >= 0.3 is 0 Å². The molecule has 0 aliphatic rings. The molecule has 0 heterocycles. The van der Waals surface area contributed by atoms with Gasteiger partial charge in [0.2, 0.25) is 0 Å². The number of hydrogen-bond acceptors (Lipinski definition) is 1. The number of halogens is 3. The van der Waals surface area contributed by atoms with Crippen LogP contribution in [0.2, 0.25) is 5.02 Å². The lowest BCUT2D eigenvalue weighted by Gasteiger charge is -2.17. The Balaban J connectivity index is 2.67. The van der Waals surface area contributed by atoms with Crippen LogP contribution in [0.15, 0.2) is 30.5 Å². The quantitative estimate of drug-likeness (QED) is 0.750. The fourth-order valence-electron chi connectivity index (χ4n) is 1.35. The van der Waals surface area contributed by atoms with Crippen LogP contribution in [-0.2, 0) is 0 Å². The van der Waals surface area contributed by atoms with Crippen molar-refractivity contribution in [2.45, 2.75) is 24.6 Å². The van der Waals surface area contributed by atoms with E-state index in [9.17, 15) is 0 Å². The standard InChI is InChI=1S/C12H14Cl3N/c1-8-6-10(4-5-11(8)13)16-9(2)7-12(3,14)15/h4-6,16H,2,7H2,1,3H3. The van der Waals surface area contributed by atoms with Crippen molar-refractivity contribution in [3.8, 4) is 0 Å². The van der Waals surface area contributed by atoms with E-state index in [1.165, 1.54) is 0 Å². The molecule has 1 aromatic carbocycles. The van der Waals surface area contributed by atoms with Gasteiger partial charge in [-0.15, -0.1) is 23.2 Å². The van der Waals surface area contributed by atoms with Gasteiger partial charge in [0.25, 0.3) is 0 Å². The molecule has 16 heavy (non-hydrogen) atoms. The summed E-state index contributed by atoms with van der Waals surface area (Å²) in [5.41, 5.74) is 2.72. The van der Waals surface area contributed by atoms with Gasteiger partial charge in [-0.1, -0.05) is 18.2 Å². The minimum absolute atomic E-state index is 0.484. The number of anilines is 1. The summed E-state index contributed by atoms with van der Waals surface area (Å²) in [5, 5.41) is 3.89. The lowest BCUT2D eigenvalue weighted by Crippen LogP contribution is -2.11. The van der Waals surface area contributed by atoms with Crippen molar-refractivity contribution < 1.29 is 0 Å². The molecule has 1 nitrogen and oxygen atoms in total. The zero-order chi connectivity index (χ0) is 12.3. The SMILES string of the molecule is C=C(CC(C)(Cl)Cl)Nc1ccc(Cl)c(C)c1. The second-order valence-electron chi connectivity index (χ2n) is 3.94. The Morgan fingerprint density at radius 2 is 2.06 bits per heavy atom. The number of rotatable bonds is 4. The highest BCUT2D eigenvalue weighted by Crippen LogP contribution is 2.28. The molecule has 0 spiro atoms. The smallest absolute Gasteiger partial charge is 0.120 e. The highest BCUT2D eigenvalue weighted by molar-refractivity contribution is 6.48. The average Bonchev–Trinajstić information content (AvgIpc) is 2.08. The van der Waals surface area contributed by atoms with Gasteiger partial charge in [0.1, 0.15) is 4.33 Å². The van der Waals surface area contributed by atoms with Gasteiger partial charge in [0.05, 0.1) is 0 Å². The first-order chi connectivity index (χ1) is 7.28. The summed E-state index contributed by atoms with van der Waals surface area (Å²) in [5.74, 6) is 0. The van der Waals surface area contributed by atoms with Crippen molar-refractivity contribution in [3.05, 3.63) is 41.1 Å². The Hall–Kier alpha value is -0.370. The van der Waals surface area contributed by atoms with Gasteiger partial charge in [0, 0.05) is 22.8 Å². The van der Waals surface area contributed by atoms with E-state index in [0.717, 1.165) is 22.0 Å². The number of alkyl halides is 2. The number of benzene rings is 1. The van der Waals surface area contributed by atoms with E-state index < -0.39 is 4.33 Å². The number of allylic oxidation sites excluding steroid dienone is 1. The van der Waals surface area contributed by atoms with Crippen molar-refractivity contribution in [2.75, 3.05) is 5.32 Å². The molecule has 0 saturated carbocycles. The molecule has 0 aliphatic carbocycles. The maximum absolute atomic E-state index is 5.93. The highest BCUT2D eigenvalue weighted by Gasteiger charge is 2.17. The van der Waals surface area contributed by atoms with Crippen LogP contribution in [0.25, 0.3) is 0 Å². The summed E-state index contributed by atoms with van der Waals surface area (Å²) in [7, 11) is 0. The van der Waals surface area contributed by atoms with Gasteiger partial charge in [-0.2, -0.15) is 0 Å². The first-order valence-corrected chi connectivity index (χ1v) is 6.00. The number of nitrogens with one attached hydrogen (secondary N) is 1. The second-order valence-corrected chi connectivity index (χ2v) is 6.21. The lowest BCUT2D eigenvalue weighted by molar-refractivity contribution is 0.847. The van der Waals surface area contributed by atoms with Crippen LogP contribution in [0.4, 0.5) is 5.69 Å². The van der Waals surface area contributed by atoms with E-state index in [1.807, 2.05) is 25.1 Å². The first-order valence-electron chi connectivity index (χ1n) is 4.87. The summed E-state index contributed by atoms with van der Waals surface area (Å²) >= 11 is 17.7. The van der Waals surface area contributed by atoms with Gasteiger partial charge in [0.15, 0.2) is 0 Å². The van der Waals surface area contributed by atoms with Gasteiger partial charge in [-0.05, 0) is 37.6 Å². The minimum Gasteiger partial charge on any atom is -0.359 e. The summed E-state index contributed by atoms with van der Waals surface area (Å²) in [4.78, 5) is 0. The van der Waals surface area contributed by atoms with Crippen LogP contribution in [0.3, 0.4) is 0 Å². The third-order valence-corrected chi connectivity index (χ3v) is 2.69. The fraction of sp³-hybridized carbons (Fsp3) is 0.333. The molecule has 0 fully saturated rings. The van der Waals surface area contributed by atoms with Crippen LogP contribution in [0, 0.1) is 6.92 Å². The zero-order valence-corrected chi connectivity index (χ0v) is 11.5. The maximum Gasteiger partial charge on any atom is 0.120 e. The predicted octanol–water partition coefficient (Wildman–Crippen LogP) is 5.16. The average molecular weight is 279 g/mol. The molecule has 88 valence electrons. The second kappa shape index (κ2) is 5.31. The van der Waals surface area contributed by atoms with E-state index in [1.54, 1.807) is 6.92 Å². The monoisotopic (exact) mass is 277 g/mol. The molecule has 0 unspecified atom stereocenters. The van der Waals surface area contributed by atoms with Gasteiger partial charge in [-0.25, -0.2) is 0 Å². The Kier molecular flexibility index (Phi) is 4.54. The first kappa shape index (κ1) is 13.7. The molecule has 0 bridgehead atoms. The predicted molar refractivity (Wildman–Crippen MR) is 73.7 cm³/mol. The number of aryl methyl sites for hydroxylation is 1. The van der Waals surface area contributed by atoms with Gasteiger partial charge < -0.3 is 5.32 Å². The normalized spacial score (nSPS) is 11.3. The van der Waals surface area contributed by atoms with E-state index in [-0.39, 0.29) is 0 Å².